The van der Waals surface area contributed by atoms with E-state index in [0.717, 1.165) is 37.7 Å². The summed E-state index contributed by atoms with van der Waals surface area (Å²) in [6.07, 6.45) is 2.35. The second kappa shape index (κ2) is 5.96. The van der Waals surface area contributed by atoms with Gasteiger partial charge in [-0.05, 0) is 0 Å². The lowest BCUT2D eigenvalue weighted by Gasteiger charge is -2.33. The van der Waals surface area contributed by atoms with Crippen molar-refractivity contribution in [1.29, 1.82) is 0 Å². The molecule has 0 unspecified atom stereocenters. The van der Waals surface area contributed by atoms with E-state index in [1.807, 2.05) is 23.5 Å². The Balaban J connectivity index is 1.80. The summed E-state index contributed by atoms with van der Waals surface area (Å²) < 4.78 is 0. The number of carbonyl (C=O) groups excluding carboxylic acids is 2. The normalized spacial score (nSPS) is 26.7. The molecule has 7 heteroatoms. The van der Waals surface area contributed by atoms with Crippen LogP contribution in [-0.2, 0) is 16.1 Å². The number of hydrogen-bond donors (Lipinski definition) is 0. The number of rotatable bonds is 2. The highest BCUT2D eigenvalue weighted by molar-refractivity contribution is 7.09. The lowest BCUT2D eigenvalue weighted by molar-refractivity contribution is -0.130. The third-order valence-electron chi connectivity index (χ3n) is 4.58. The van der Waals surface area contributed by atoms with Gasteiger partial charge in [0.1, 0.15) is 5.01 Å². The van der Waals surface area contributed by atoms with Crippen LogP contribution in [0.5, 0.6) is 0 Å². The van der Waals surface area contributed by atoms with Gasteiger partial charge in [0, 0.05) is 70.1 Å². The average Bonchev–Trinajstić information content (AvgIpc) is 2.98. The van der Waals surface area contributed by atoms with Gasteiger partial charge < -0.3 is 9.80 Å². The molecule has 2 aliphatic rings. The van der Waals surface area contributed by atoms with Gasteiger partial charge in [-0.2, -0.15) is 0 Å². The molecule has 2 saturated heterocycles. The minimum absolute atomic E-state index is 0.0949. The van der Waals surface area contributed by atoms with Gasteiger partial charge in [0.25, 0.3) is 0 Å². The summed E-state index contributed by atoms with van der Waals surface area (Å²) in [6.45, 7) is 6.20. The van der Waals surface area contributed by atoms with Crippen molar-refractivity contribution in [3.8, 4) is 0 Å². The summed E-state index contributed by atoms with van der Waals surface area (Å²) in [7, 11) is 1.85. The van der Waals surface area contributed by atoms with E-state index in [0.29, 0.717) is 13.0 Å². The molecule has 3 heterocycles. The number of aromatic nitrogens is 1. The molecule has 1 aromatic rings. The summed E-state index contributed by atoms with van der Waals surface area (Å²) in [5, 5.41) is 3.07. The van der Waals surface area contributed by atoms with Gasteiger partial charge in [-0.25, -0.2) is 4.98 Å². The van der Waals surface area contributed by atoms with Gasteiger partial charge in [-0.15, -0.1) is 11.3 Å². The third-order valence-corrected chi connectivity index (χ3v) is 5.35. The maximum atomic E-state index is 12.1. The SMILES string of the molecule is CC(=O)N1CCN(Cc2nccs2)C[C@]2(CC(=O)N(C)C2)C1. The van der Waals surface area contributed by atoms with Crippen LogP contribution in [0.25, 0.3) is 0 Å². The molecule has 2 fully saturated rings. The van der Waals surface area contributed by atoms with E-state index in [9.17, 15) is 9.59 Å². The fourth-order valence-electron chi connectivity index (χ4n) is 3.59. The molecular weight excluding hydrogens is 300 g/mol. The smallest absolute Gasteiger partial charge is 0.223 e. The molecule has 22 heavy (non-hydrogen) atoms. The zero-order valence-corrected chi connectivity index (χ0v) is 13.9. The standard InChI is InChI=1S/C15H22N4O2S/c1-12(20)19-5-4-18(8-13-16-3-6-22-13)10-15(11-19)7-14(21)17(2)9-15/h3,6H,4-5,7-11H2,1-2H3/t15-/m1/s1. The van der Waals surface area contributed by atoms with Crippen molar-refractivity contribution >= 4 is 23.2 Å². The molecule has 120 valence electrons. The molecule has 2 aliphatic heterocycles. The fraction of sp³-hybridized carbons (Fsp3) is 0.667. The third kappa shape index (κ3) is 3.15. The average molecular weight is 322 g/mol. The van der Waals surface area contributed by atoms with Crippen molar-refractivity contribution < 1.29 is 9.59 Å². The van der Waals surface area contributed by atoms with Gasteiger partial charge >= 0.3 is 0 Å². The Morgan fingerprint density at radius 1 is 1.36 bits per heavy atom. The van der Waals surface area contributed by atoms with Crippen molar-refractivity contribution in [2.24, 2.45) is 5.41 Å². The van der Waals surface area contributed by atoms with Gasteiger partial charge in [-0.3, -0.25) is 14.5 Å². The van der Waals surface area contributed by atoms with Crippen LogP contribution in [0.4, 0.5) is 0 Å². The first-order chi connectivity index (χ1) is 10.5. The maximum Gasteiger partial charge on any atom is 0.223 e. The summed E-state index contributed by atoms with van der Waals surface area (Å²) in [5.74, 6) is 0.275. The highest BCUT2D eigenvalue weighted by Gasteiger charge is 2.45. The molecule has 1 aromatic heterocycles. The first-order valence-electron chi connectivity index (χ1n) is 7.58. The van der Waals surface area contributed by atoms with E-state index in [2.05, 4.69) is 9.88 Å². The van der Waals surface area contributed by atoms with Crippen molar-refractivity contribution in [2.75, 3.05) is 39.8 Å². The van der Waals surface area contributed by atoms with E-state index in [-0.39, 0.29) is 17.2 Å². The molecule has 1 atom stereocenters. The predicted molar refractivity (Wildman–Crippen MR) is 84.3 cm³/mol. The van der Waals surface area contributed by atoms with Crippen molar-refractivity contribution in [3.05, 3.63) is 16.6 Å². The Morgan fingerprint density at radius 3 is 2.77 bits per heavy atom. The Bertz CT molecular complexity index is 562. The van der Waals surface area contributed by atoms with Gasteiger partial charge in [-0.1, -0.05) is 0 Å². The van der Waals surface area contributed by atoms with Crippen molar-refractivity contribution in [2.45, 2.75) is 19.9 Å². The van der Waals surface area contributed by atoms with Crippen molar-refractivity contribution in [3.63, 3.8) is 0 Å². The summed E-state index contributed by atoms with van der Waals surface area (Å²) >= 11 is 1.65. The molecule has 0 aliphatic carbocycles. The van der Waals surface area contributed by atoms with Gasteiger partial charge in [0.05, 0.1) is 6.54 Å². The fourth-order valence-corrected chi connectivity index (χ4v) is 4.25. The van der Waals surface area contributed by atoms with Crippen LogP contribution in [0.15, 0.2) is 11.6 Å². The minimum atomic E-state index is -0.148. The van der Waals surface area contributed by atoms with Crippen LogP contribution in [0.1, 0.15) is 18.4 Å². The zero-order chi connectivity index (χ0) is 15.7. The number of carbonyl (C=O) groups is 2. The minimum Gasteiger partial charge on any atom is -0.345 e. The van der Waals surface area contributed by atoms with Crippen LogP contribution >= 0.6 is 11.3 Å². The molecule has 3 rings (SSSR count). The van der Waals surface area contributed by atoms with Crippen LogP contribution in [0, 0.1) is 5.41 Å². The Labute approximate surface area is 134 Å². The van der Waals surface area contributed by atoms with E-state index in [1.165, 1.54) is 0 Å². The van der Waals surface area contributed by atoms with Gasteiger partial charge in [0.2, 0.25) is 11.8 Å². The number of thiazole rings is 1. The van der Waals surface area contributed by atoms with E-state index in [1.54, 1.807) is 23.2 Å². The molecule has 1 spiro atoms. The second-order valence-electron chi connectivity index (χ2n) is 6.50. The molecular formula is C15H22N4O2S. The Morgan fingerprint density at radius 2 is 2.18 bits per heavy atom. The summed E-state index contributed by atoms with van der Waals surface area (Å²) in [5.41, 5.74) is -0.148. The topological polar surface area (TPSA) is 56.8 Å². The highest BCUT2D eigenvalue weighted by Crippen LogP contribution is 2.34. The first kappa shape index (κ1) is 15.4. The van der Waals surface area contributed by atoms with Crippen molar-refractivity contribution in [1.82, 2.24) is 19.7 Å². The van der Waals surface area contributed by atoms with Crippen LogP contribution in [0.3, 0.4) is 0 Å². The quantitative estimate of drug-likeness (QED) is 0.802. The monoisotopic (exact) mass is 322 g/mol. The van der Waals surface area contributed by atoms with E-state index >= 15 is 0 Å². The van der Waals surface area contributed by atoms with Gasteiger partial charge in [0.15, 0.2) is 0 Å². The molecule has 0 N–H and O–H groups in total. The number of hydrogen-bond acceptors (Lipinski definition) is 5. The molecule has 2 amide bonds. The summed E-state index contributed by atoms with van der Waals surface area (Å²) in [6, 6.07) is 0. The van der Waals surface area contributed by atoms with Crippen LogP contribution in [-0.4, -0.2) is 71.3 Å². The molecule has 0 aromatic carbocycles. The van der Waals surface area contributed by atoms with E-state index in [4.69, 9.17) is 0 Å². The largest absolute Gasteiger partial charge is 0.345 e. The first-order valence-corrected chi connectivity index (χ1v) is 8.46. The number of amides is 2. The maximum absolute atomic E-state index is 12.1. The second-order valence-corrected chi connectivity index (χ2v) is 7.48. The molecule has 0 bridgehead atoms. The Hall–Kier alpha value is -1.47. The van der Waals surface area contributed by atoms with E-state index < -0.39 is 0 Å². The zero-order valence-electron chi connectivity index (χ0n) is 13.1. The highest BCUT2D eigenvalue weighted by atomic mass is 32.1. The molecule has 0 radical (unpaired) electrons. The van der Waals surface area contributed by atoms with Crippen LogP contribution < -0.4 is 0 Å². The summed E-state index contributed by atoms with van der Waals surface area (Å²) in [4.78, 5) is 34.3. The lowest BCUT2D eigenvalue weighted by atomic mass is 9.86. The lowest BCUT2D eigenvalue weighted by Crippen LogP contribution is -2.43. The molecule has 0 saturated carbocycles. The Kier molecular flexibility index (Phi) is 4.18. The number of nitrogens with zero attached hydrogens (tertiary/aromatic N) is 4. The predicted octanol–water partition coefficient (Wildman–Crippen LogP) is 0.656. The van der Waals surface area contributed by atoms with Crippen LogP contribution in [0.2, 0.25) is 0 Å². The molecule has 6 nitrogen and oxygen atoms in total. The number of likely N-dealkylation sites (tertiary alicyclic amines) is 1.